The molecule has 2 aromatic heterocycles. The van der Waals surface area contributed by atoms with Gasteiger partial charge in [-0.2, -0.15) is 9.97 Å². The molecule has 1 aliphatic rings. The van der Waals surface area contributed by atoms with Crippen molar-refractivity contribution >= 4 is 5.69 Å². The van der Waals surface area contributed by atoms with Crippen LogP contribution in [0.1, 0.15) is 76.3 Å². The standard InChI is InChI=1S/C22H29N5O2/c1-22(2,3)21-24-18(28-27-21)10-5-4-6-13-23-17-9-7-8-16(14-17)20-25-19(26-29-20)15-11-12-15/h7-9,14-15,23H,4-6,10-13H2,1-3H3. The Labute approximate surface area is 171 Å². The minimum atomic E-state index is -0.0686. The first-order valence-corrected chi connectivity index (χ1v) is 10.5. The number of rotatable bonds is 9. The van der Waals surface area contributed by atoms with Crippen molar-refractivity contribution in [3.63, 3.8) is 0 Å². The van der Waals surface area contributed by atoms with Gasteiger partial charge in [0, 0.05) is 35.5 Å². The highest BCUT2D eigenvalue weighted by atomic mass is 16.5. The van der Waals surface area contributed by atoms with Crippen LogP contribution in [-0.2, 0) is 11.8 Å². The molecular weight excluding hydrogens is 366 g/mol. The molecule has 0 atom stereocenters. The monoisotopic (exact) mass is 395 g/mol. The van der Waals surface area contributed by atoms with Crippen molar-refractivity contribution in [2.45, 2.75) is 70.6 Å². The highest BCUT2D eigenvalue weighted by Gasteiger charge is 2.29. The third-order valence-corrected chi connectivity index (χ3v) is 5.03. The number of nitrogens with one attached hydrogen (secondary N) is 1. The van der Waals surface area contributed by atoms with Crippen molar-refractivity contribution in [3.8, 4) is 11.5 Å². The van der Waals surface area contributed by atoms with E-state index in [1.807, 2.05) is 12.1 Å². The lowest BCUT2D eigenvalue weighted by atomic mass is 9.96. The quantitative estimate of drug-likeness (QED) is 0.503. The van der Waals surface area contributed by atoms with Gasteiger partial charge in [-0.1, -0.05) is 43.6 Å². The molecule has 1 aliphatic carbocycles. The van der Waals surface area contributed by atoms with Gasteiger partial charge in [0.2, 0.25) is 5.89 Å². The van der Waals surface area contributed by atoms with Crippen LogP contribution in [0.2, 0.25) is 0 Å². The van der Waals surface area contributed by atoms with Crippen LogP contribution in [-0.4, -0.2) is 26.8 Å². The van der Waals surface area contributed by atoms with Gasteiger partial charge in [-0.15, -0.1) is 0 Å². The lowest BCUT2D eigenvalue weighted by Gasteiger charge is -2.10. The predicted molar refractivity (Wildman–Crippen MR) is 111 cm³/mol. The van der Waals surface area contributed by atoms with Gasteiger partial charge in [0.15, 0.2) is 11.6 Å². The molecule has 0 aliphatic heterocycles. The van der Waals surface area contributed by atoms with Crippen molar-refractivity contribution in [2.24, 2.45) is 0 Å². The molecule has 4 rings (SSSR count). The molecule has 0 bridgehead atoms. The number of anilines is 1. The molecule has 0 radical (unpaired) electrons. The van der Waals surface area contributed by atoms with Gasteiger partial charge in [0.25, 0.3) is 5.89 Å². The Morgan fingerprint density at radius 1 is 1.03 bits per heavy atom. The minimum absolute atomic E-state index is 0.0686. The highest BCUT2D eigenvalue weighted by molar-refractivity contribution is 5.61. The Morgan fingerprint density at radius 3 is 2.66 bits per heavy atom. The van der Waals surface area contributed by atoms with E-state index in [1.54, 1.807) is 0 Å². The maximum atomic E-state index is 5.42. The van der Waals surface area contributed by atoms with Crippen molar-refractivity contribution in [2.75, 3.05) is 11.9 Å². The lowest BCUT2D eigenvalue weighted by molar-refractivity contribution is 0.359. The van der Waals surface area contributed by atoms with Gasteiger partial charge in [-0.25, -0.2) is 0 Å². The molecule has 2 heterocycles. The fourth-order valence-corrected chi connectivity index (χ4v) is 3.09. The summed E-state index contributed by atoms with van der Waals surface area (Å²) in [7, 11) is 0. The number of hydrogen-bond acceptors (Lipinski definition) is 7. The second-order valence-electron chi connectivity index (χ2n) is 8.81. The Balaban J connectivity index is 1.19. The number of aromatic nitrogens is 4. The van der Waals surface area contributed by atoms with Gasteiger partial charge in [0.1, 0.15) is 0 Å². The molecule has 1 N–H and O–H groups in total. The lowest BCUT2D eigenvalue weighted by Crippen LogP contribution is -2.13. The third-order valence-electron chi connectivity index (χ3n) is 5.03. The first kappa shape index (κ1) is 19.6. The van der Waals surface area contributed by atoms with Crippen LogP contribution in [0.15, 0.2) is 33.3 Å². The first-order chi connectivity index (χ1) is 14.0. The Kier molecular flexibility index (Phi) is 5.65. The maximum Gasteiger partial charge on any atom is 0.258 e. The topological polar surface area (TPSA) is 89.9 Å². The van der Waals surface area contributed by atoms with Gasteiger partial charge in [0.05, 0.1) is 0 Å². The Morgan fingerprint density at radius 2 is 1.90 bits per heavy atom. The zero-order chi connectivity index (χ0) is 20.3. The van der Waals surface area contributed by atoms with Crippen LogP contribution in [0, 0.1) is 0 Å². The zero-order valence-corrected chi connectivity index (χ0v) is 17.4. The van der Waals surface area contributed by atoms with Gasteiger partial charge < -0.3 is 14.4 Å². The highest BCUT2D eigenvalue weighted by Crippen LogP contribution is 2.39. The molecule has 0 unspecified atom stereocenters. The molecule has 29 heavy (non-hydrogen) atoms. The molecule has 0 spiro atoms. The smallest absolute Gasteiger partial charge is 0.258 e. The molecule has 154 valence electrons. The predicted octanol–water partition coefficient (Wildman–Crippen LogP) is 5.12. The Bertz CT molecular complexity index is 937. The van der Waals surface area contributed by atoms with Crippen LogP contribution in [0.4, 0.5) is 5.69 Å². The molecule has 7 heteroatoms. The molecule has 1 saturated carbocycles. The molecule has 0 saturated heterocycles. The normalized spacial score (nSPS) is 14.3. The molecule has 7 nitrogen and oxygen atoms in total. The number of nitrogens with zero attached hydrogens (tertiary/aromatic N) is 4. The van der Waals surface area contributed by atoms with Crippen LogP contribution in [0.3, 0.4) is 0 Å². The Hall–Kier alpha value is -2.70. The molecule has 1 fully saturated rings. The van der Waals surface area contributed by atoms with Crippen molar-refractivity contribution in [1.29, 1.82) is 0 Å². The maximum absolute atomic E-state index is 5.42. The number of unbranched alkanes of at least 4 members (excludes halogenated alkanes) is 2. The van der Waals surface area contributed by atoms with Crippen LogP contribution in [0.5, 0.6) is 0 Å². The van der Waals surface area contributed by atoms with E-state index in [-0.39, 0.29) is 5.41 Å². The average molecular weight is 396 g/mol. The number of hydrogen-bond donors (Lipinski definition) is 1. The third kappa shape index (κ3) is 5.22. The van der Waals surface area contributed by atoms with E-state index >= 15 is 0 Å². The second kappa shape index (κ2) is 8.35. The van der Waals surface area contributed by atoms with Gasteiger partial charge in [-0.05, 0) is 43.9 Å². The minimum Gasteiger partial charge on any atom is -0.385 e. The largest absolute Gasteiger partial charge is 0.385 e. The summed E-state index contributed by atoms with van der Waals surface area (Å²) in [6, 6.07) is 8.15. The van der Waals surface area contributed by atoms with Crippen LogP contribution in [0.25, 0.3) is 11.5 Å². The van der Waals surface area contributed by atoms with Gasteiger partial charge in [-0.3, -0.25) is 0 Å². The summed E-state index contributed by atoms with van der Waals surface area (Å²) in [6.45, 7) is 7.18. The summed E-state index contributed by atoms with van der Waals surface area (Å²) in [4.78, 5) is 9.01. The zero-order valence-electron chi connectivity index (χ0n) is 17.4. The fourth-order valence-electron chi connectivity index (χ4n) is 3.09. The SMILES string of the molecule is CC(C)(C)c1noc(CCCCCNc2cccc(-c3nc(C4CC4)no3)c2)n1. The van der Waals surface area contributed by atoms with E-state index in [0.717, 1.165) is 61.0 Å². The van der Waals surface area contributed by atoms with Crippen molar-refractivity contribution < 1.29 is 9.05 Å². The summed E-state index contributed by atoms with van der Waals surface area (Å²) in [5.41, 5.74) is 1.96. The van der Waals surface area contributed by atoms with E-state index in [9.17, 15) is 0 Å². The number of benzene rings is 1. The van der Waals surface area contributed by atoms with Crippen molar-refractivity contribution in [1.82, 2.24) is 20.3 Å². The summed E-state index contributed by atoms with van der Waals surface area (Å²) < 4.78 is 10.8. The summed E-state index contributed by atoms with van der Waals surface area (Å²) in [5, 5.41) is 11.6. The fraction of sp³-hybridized carbons (Fsp3) is 0.545. The molecule has 1 aromatic carbocycles. The van der Waals surface area contributed by atoms with E-state index in [4.69, 9.17) is 9.05 Å². The number of aryl methyl sites for hydroxylation is 1. The summed E-state index contributed by atoms with van der Waals surface area (Å²) in [5.74, 6) is 3.46. The molecular formula is C22H29N5O2. The van der Waals surface area contributed by atoms with E-state index in [2.05, 4.69) is 58.5 Å². The molecule has 0 amide bonds. The van der Waals surface area contributed by atoms with E-state index < -0.39 is 0 Å². The summed E-state index contributed by atoms with van der Waals surface area (Å²) in [6.07, 6.45) is 6.40. The van der Waals surface area contributed by atoms with Crippen LogP contribution < -0.4 is 5.32 Å². The van der Waals surface area contributed by atoms with Gasteiger partial charge >= 0.3 is 0 Å². The van der Waals surface area contributed by atoms with Crippen LogP contribution >= 0.6 is 0 Å². The average Bonchev–Trinajstić information content (AvgIpc) is 3.22. The van der Waals surface area contributed by atoms with E-state index in [0.29, 0.717) is 11.8 Å². The summed E-state index contributed by atoms with van der Waals surface area (Å²) >= 11 is 0. The van der Waals surface area contributed by atoms with Crippen molar-refractivity contribution in [3.05, 3.63) is 41.8 Å². The molecule has 3 aromatic rings. The van der Waals surface area contributed by atoms with E-state index in [1.165, 1.54) is 12.8 Å². The first-order valence-electron chi connectivity index (χ1n) is 10.5. The second-order valence-corrected chi connectivity index (χ2v) is 8.81.